The molecule has 6 nitrogen and oxygen atoms in total. The molecule has 1 aliphatic rings. The molecule has 2 aromatic rings. The number of nitrogens with one attached hydrogen (secondary N) is 1. The van der Waals surface area contributed by atoms with Gasteiger partial charge in [-0.2, -0.15) is 0 Å². The fraction of sp³-hybridized carbons (Fsp3) is 0.381. The molecule has 0 radical (unpaired) electrons. The summed E-state index contributed by atoms with van der Waals surface area (Å²) in [6.45, 7) is 2.30. The second-order valence-electron chi connectivity index (χ2n) is 7.16. The Kier molecular flexibility index (Phi) is 6.82. The van der Waals surface area contributed by atoms with E-state index < -0.39 is 15.7 Å². The van der Waals surface area contributed by atoms with Gasteiger partial charge in [-0.3, -0.25) is 9.69 Å². The largest absolute Gasteiger partial charge is 0.497 e. The smallest absolute Gasteiger partial charge is 0.252 e. The van der Waals surface area contributed by atoms with Crippen molar-refractivity contribution in [3.63, 3.8) is 0 Å². The van der Waals surface area contributed by atoms with E-state index in [2.05, 4.69) is 10.2 Å². The highest BCUT2D eigenvalue weighted by molar-refractivity contribution is 7.90. The summed E-state index contributed by atoms with van der Waals surface area (Å²) in [7, 11) is -1.80. The van der Waals surface area contributed by atoms with Gasteiger partial charge in [0.05, 0.1) is 28.6 Å². The summed E-state index contributed by atoms with van der Waals surface area (Å²) in [5.41, 5.74) is 1.21. The lowest BCUT2D eigenvalue weighted by atomic mass is 10.0. The Morgan fingerprint density at radius 3 is 2.59 bits per heavy atom. The van der Waals surface area contributed by atoms with Gasteiger partial charge in [-0.15, -0.1) is 0 Å². The van der Waals surface area contributed by atoms with E-state index in [4.69, 9.17) is 16.3 Å². The first-order chi connectivity index (χ1) is 13.8. The van der Waals surface area contributed by atoms with Crippen molar-refractivity contribution in [3.8, 4) is 5.75 Å². The Balaban J connectivity index is 1.81. The fourth-order valence-electron chi connectivity index (χ4n) is 3.55. The molecule has 1 saturated heterocycles. The van der Waals surface area contributed by atoms with Crippen LogP contribution in [0.15, 0.2) is 47.4 Å². The zero-order chi connectivity index (χ0) is 21.0. The standard InChI is InChI=1S/C21H25ClN2O4S/c1-28-16-7-5-6-15(12-16)20(24-10-3-4-11-24)14-23-21(25)18-13-17(29(2,26)27)8-9-19(18)22/h5-9,12-13,20H,3-4,10-11,14H2,1-2H3,(H,23,25). The summed E-state index contributed by atoms with van der Waals surface area (Å²) < 4.78 is 29.0. The van der Waals surface area contributed by atoms with Crippen LogP contribution in [0.1, 0.15) is 34.8 Å². The Morgan fingerprint density at radius 2 is 1.93 bits per heavy atom. The minimum Gasteiger partial charge on any atom is -0.497 e. The summed E-state index contributed by atoms with van der Waals surface area (Å²) in [6, 6.07) is 12.0. The van der Waals surface area contributed by atoms with Gasteiger partial charge < -0.3 is 10.1 Å². The summed E-state index contributed by atoms with van der Waals surface area (Å²) >= 11 is 6.16. The zero-order valence-corrected chi connectivity index (χ0v) is 18.1. The summed E-state index contributed by atoms with van der Waals surface area (Å²) in [5.74, 6) is 0.370. The number of amides is 1. The number of benzene rings is 2. The molecular formula is C21H25ClN2O4S. The van der Waals surface area contributed by atoms with E-state index in [0.29, 0.717) is 6.54 Å². The van der Waals surface area contributed by atoms with Crippen LogP contribution in [0.5, 0.6) is 5.75 Å². The number of carbonyl (C=O) groups excluding carboxylic acids is 1. The van der Waals surface area contributed by atoms with E-state index in [1.807, 2.05) is 24.3 Å². The third-order valence-corrected chi connectivity index (χ3v) is 6.57. The molecule has 1 atom stereocenters. The summed E-state index contributed by atoms with van der Waals surface area (Å²) in [5, 5.41) is 3.15. The van der Waals surface area contributed by atoms with Crippen molar-refractivity contribution >= 4 is 27.3 Å². The van der Waals surface area contributed by atoms with Gasteiger partial charge in [-0.05, 0) is 61.8 Å². The number of rotatable bonds is 7. The van der Waals surface area contributed by atoms with E-state index >= 15 is 0 Å². The van der Waals surface area contributed by atoms with Crippen LogP contribution in [-0.2, 0) is 9.84 Å². The predicted molar refractivity (Wildman–Crippen MR) is 113 cm³/mol. The van der Waals surface area contributed by atoms with Gasteiger partial charge in [0, 0.05) is 12.8 Å². The maximum absolute atomic E-state index is 12.8. The van der Waals surface area contributed by atoms with Gasteiger partial charge in [0.25, 0.3) is 5.91 Å². The van der Waals surface area contributed by atoms with Gasteiger partial charge in [-0.25, -0.2) is 8.42 Å². The van der Waals surface area contributed by atoms with Crippen LogP contribution in [0.3, 0.4) is 0 Å². The first kappa shape index (κ1) is 21.6. The third-order valence-electron chi connectivity index (χ3n) is 5.13. The van der Waals surface area contributed by atoms with Crippen molar-refractivity contribution < 1.29 is 17.9 Å². The normalized spacial score (nSPS) is 15.8. The highest BCUT2D eigenvalue weighted by atomic mass is 35.5. The van der Waals surface area contributed by atoms with Gasteiger partial charge >= 0.3 is 0 Å². The number of carbonyl (C=O) groups is 1. The molecule has 0 saturated carbocycles. The number of sulfone groups is 1. The van der Waals surface area contributed by atoms with Crippen LogP contribution in [0.4, 0.5) is 0 Å². The lowest BCUT2D eigenvalue weighted by Gasteiger charge is -2.28. The Labute approximate surface area is 176 Å². The van der Waals surface area contributed by atoms with Crippen molar-refractivity contribution in [2.45, 2.75) is 23.8 Å². The van der Waals surface area contributed by atoms with Crippen molar-refractivity contribution in [1.82, 2.24) is 10.2 Å². The molecule has 2 aromatic carbocycles. The van der Waals surface area contributed by atoms with E-state index in [9.17, 15) is 13.2 Å². The Bertz CT molecular complexity index is 988. The lowest BCUT2D eigenvalue weighted by Crippen LogP contribution is -2.37. The fourth-order valence-corrected chi connectivity index (χ4v) is 4.40. The van der Waals surface area contributed by atoms with Gasteiger partial charge in [-0.1, -0.05) is 23.7 Å². The van der Waals surface area contributed by atoms with E-state index in [1.54, 1.807) is 7.11 Å². The van der Waals surface area contributed by atoms with Crippen LogP contribution in [-0.4, -0.2) is 52.2 Å². The molecule has 0 bridgehead atoms. The number of hydrogen-bond donors (Lipinski definition) is 1. The zero-order valence-electron chi connectivity index (χ0n) is 16.5. The molecule has 0 spiro atoms. The third kappa shape index (κ3) is 5.29. The number of likely N-dealkylation sites (tertiary alicyclic amines) is 1. The Morgan fingerprint density at radius 1 is 1.21 bits per heavy atom. The van der Waals surface area contributed by atoms with Crippen LogP contribution >= 0.6 is 11.6 Å². The second-order valence-corrected chi connectivity index (χ2v) is 9.58. The van der Waals surface area contributed by atoms with E-state index in [1.165, 1.54) is 18.2 Å². The molecule has 29 heavy (non-hydrogen) atoms. The highest BCUT2D eigenvalue weighted by Crippen LogP contribution is 2.27. The molecule has 1 heterocycles. The maximum Gasteiger partial charge on any atom is 0.252 e. The SMILES string of the molecule is COc1cccc(C(CNC(=O)c2cc(S(C)(=O)=O)ccc2Cl)N2CCCC2)c1. The number of hydrogen-bond acceptors (Lipinski definition) is 5. The molecule has 3 rings (SSSR count). The van der Waals surface area contributed by atoms with Crippen LogP contribution in [0.2, 0.25) is 5.02 Å². The number of ether oxygens (including phenoxy) is 1. The molecule has 1 N–H and O–H groups in total. The van der Waals surface area contributed by atoms with Gasteiger partial charge in [0.1, 0.15) is 5.75 Å². The number of nitrogens with zero attached hydrogens (tertiary/aromatic N) is 1. The minimum atomic E-state index is -3.43. The molecule has 1 aliphatic heterocycles. The molecule has 156 valence electrons. The Hall–Kier alpha value is -2.09. The number of methoxy groups -OCH3 is 1. The maximum atomic E-state index is 12.8. The van der Waals surface area contributed by atoms with Gasteiger partial charge in [0.2, 0.25) is 0 Å². The second kappa shape index (κ2) is 9.15. The summed E-state index contributed by atoms with van der Waals surface area (Å²) in [4.78, 5) is 15.2. The van der Waals surface area contributed by atoms with Crippen molar-refractivity contribution in [3.05, 3.63) is 58.6 Å². The first-order valence-corrected chi connectivity index (χ1v) is 11.7. The summed E-state index contributed by atoms with van der Waals surface area (Å²) in [6.07, 6.45) is 3.34. The highest BCUT2D eigenvalue weighted by Gasteiger charge is 2.25. The molecule has 1 amide bonds. The molecular weight excluding hydrogens is 412 g/mol. The van der Waals surface area contributed by atoms with Crippen molar-refractivity contribution in [2.75, 3.05) is 33.0 Å². The molecule has 8 heteroatoms. The van der Waals surface area contributed by atoms with Gasteiger partial charge in [0.15, 0.2) is 9.84 Å². The topological polar surface area (TPSA) is 75.7 Å². The lowest BCUT2D eigenvalue weighted by molar-refractivity contribution is 0.0938. The average molecular weight is 437 g/mol. The van der Waals surface area contributed by atoms with E-state index in [0.717, 1.165) is 43.5 Å². The molecule has 0 aromatic heterocycles. The van der Waals surface area contributed by atoms with Crippen molar-refractivity contribution in [2.24, 2.45) is 0 Å². The molecule has 1 unspecified atom stereocenters. The van der Waals surface area contributed by atoms with E-state index in [-0.39, 0.29) is 21.5 Å². The van der Waals surface area contributed by atoms with Crippen LogP contribution < -0.4 is 10.1 Å². The number of halogens is 1. The van der Waals surface area contributed by atoms with Crippen molar-refractivity contribution in [1.29, 1.82) is 0 Å². The predicted octanol–water partition coefficient (Wildman–Crippen LogP) is 3.32. The minimum absolute atomic E-state index is 0.00610. The first-order valence-electron chi connectivity index (χ1n) is 9.45. The average Bonchev–Trinajstić information content (AvgIpc) is 3.22. The monoisotopic (exact) mass is 436 g/mol. The molecule has 1 fully saturated rings. The quantitative estimate of drug-likeness (QED) is 0.720. The molecule has 0 aliphatic carbocycles. The van der Waals surface area contributed by atoms with Crippen LogP contribution in [0, 0.1) is 0 Å². The van der Waals surface area contributed by atoms with Crippen LogP contribution in [0.25, 0.3) is 0 Å².